The average molecular weight is 364 g/mol. The zero-order valence-electron chi connectivity index (χ0n) is 17.5. The van der Waals surface area contributed by atoms with E-state index in [4.69, 9.17) is 0 Å². The van der Waals surface area contributed by atoms with E-state index in [0.717, 1.165) is 25.0 Å². The Hall–Kier alpha value is -0.610. The summed E-state index contributed by atoms with van der Waals surface area (Å²) in [7, 11) is 0. The first-order chi connectivity index (χ1) is 12.6. The molecule has 1 amide bonds. The molecule has 0 aromatic carbocycles. The predicted octanol–water partition coefficient (Wildman–Crippen LogP) is 3.47. The van der Waals surface area contributed by atoms with Gasteiger partial charge in [-0.2, -0.15) is 0 Å². The lowest BCUT2D eigenvalue weighted by Gasteiger charge is -2.43. The van der Waals surface area contributed by atoms with Crippen LogP contribution in [0.4, 0.5) is 0 Å². The average Bonchev–Trinajstić information content (AvgIpc) is 2.68. The first kappa shape index (κ1) is 20.1. The van der Waals surface area contributed by atoms with Crippen molar-refractivity contribution in [1.29, 1.82) is 0 Å². The van der Waals surface area contributed by atoms with Crippen LogP contribution in [0, 0.1) is 17.8 Å². The second kappa shape index (κ2) is 9.54. The molecule has 3 aliphatic heterocycles. The van der Waals surface area contributed by atoms with Gasteiger partial charge in [-0.15, -0.1) is 0 Å². The van der Waals surface area contributed by atoms with E-state index in [9.17, 15) is 4.79 Å². The van der Waals surface area contributed by atoms with Crippen molar-refractivity contribution < 1.29 is 4.79 Å². The number of carbonyl (C=O) groups excluding carboxylic acids is 1. The van der Waals surface area contributed by atoms with Crippen molar-refractivity contribution in [2.45, 2.75) is 71.8 Å². The summed E-state index contributed by atoms with van der Waals surface area (Å²) >= 11 is 0. The molecule has 0 N–H and O–H groups in total. The van der Waals surface area contributed by atoms with Gasteiger partial charge in [-0.3, -0.25) is 4.79 Å². The summed E-state index contributed by atoms with van der Waals surface area (Å²) < 4.78 is 0. The van der Waals surface area contributed by atoms with Crippen molar-refractivity contribution in [3.8, 4) is 0 Å². The van der Waals surface area contributed by atoms with Crippen molar-refractivity contribution in [3.63, 3.8) is 0 Å². The molecule has 1 atom stereocenters. The Morgan fingerprint density at radius 3 is 2.23 bits per heavy atom. The molecule has 0 unspecified atom stereocenters. The molecule has 26 heavy (non-hydrogen) atoms. The molecule has 4 nitrogen and oxygen atoms in total. The Bertz CT molecular complexity index is 437. The van der Waals surface area contributed by atoms with E-state index >= 15 is 0 Å². The van der Waals surface area contributed by atoms with Gasteiger partial charge in [-0.25, -0.2) is 0 Å². The molecule has 3 aliphatic rings. The summed E-state index contributed by atoms with van der Waals surface area (Å²) in [5.74, 6) is 2.16. The van der Waals surface area contributed by atoms with Crippen LogP contribution in [0.25, 0.3) is 0 Å². The highest BCUT2D eigenvalue weighted by atomic mass is 16.2. The number of carbonyl (C=O) groups is 1. The van der Waals surface area contributed by atoms with Gasteiger partial charge in [0, 0.05) is 31.6 Å². The molecule has 4 heteroatoms. The highest BCUT2D eigenvalue weighted by Gasteiger charge is 2.30. The smallest absolute Gasteiger partial charge is 0.225 e. The zero-order valence-corrected chi connectivity index (χ0v) is 17.5. The fourth-order valence-corrected chi connectivity index (χ4v) is 5.34. The first-order valence-corrected chi connectivity index (χ1v) is 11.3. The van der Waals surface area contributed by atoms with Crippen LogP contribution >= 0.6 is 0 Å². The molecule has 0 radical (unpaired) electrons. The molecule has 150 valence electrons. The lowest BCUT2D eigenvalue weighted by Crippen LogP contribution is -2.50. The van der Waals surface area contributed by atoms with Crippen LogP contribution in [-0.2, 0) is 4.79 Å². The van der Waals surface area contributed by atoms with Crippen LogP contribution in [-0.4, -0.2) is 72.5 Å². The van der Waals surface area contributed by atoms with E-state index in [1.807, 2.05) is 13.8 Å². The van der Waals surface area contributed by atoms with Crippen molar-refractivity contribution >= 4 is 5.91 Å². The fourth-order valence-electron chi connectivity index (χ4n) is 5.34. The maximum Gasteiger partial charge on any atom is 0.225 e. The summed E-state index contributed by atoms with van der Waals surface area (Å²) in [6, 6.07) is 0.828. The number of piperidine rings is 3. The Morgan fingerprint density at radius 2 is 1.62 bits per heavy atom. The van der Waals surface area contributed by atoms with E-state index in [2.05, 4.69) is 21.6 Å². The second-order valence-electron chi connectivity index (χ2n) is 9.37. The summed E-state index contributed by atoms with van der Waals surface area (Å²) in [4.78, 5) is 19.9. The highest BCUT2D eigenvalue weighted by Crippen LogP contribution is 2.26. The summed E-state index contributed by atoms with van der Waals surface area (Å²) in [6.45, 7) is 14.7. The Kier molecular flexibility index (Phi) is 7.39. The SMILES string of the molecule is CCC1CCN(C2CCN(C[C@H]3CCCN(C(=O)C(C)C)C3)CC2)CC1. The Labute approximate surface area is 161 Å². The van der Waals surface area contributed by atoms with Crippen molar-refractivity contribution in [3.05, 3.63) is 0 Å². The van der Waals surface area contributed by atoms with Crippen LogP contribution in [0.2, 0.25) is 0 Å². The standard InChI is InChI=1S/C22H41N3O/c1-4-19-7-14-24(15-8-19)21-9-12-23(13-10-21)16-20-6-5-11-25(17-20)22(26)18(2)3/h18-21H,4-17H2,1-3H3/t20-/m1/s1. The third kappa shape index (κ3) is 5.22. The van der Waals surface area contributed by atoms with E-state index in [-0.39, 0.29) is 5.92 Å². The number of nitrogens with zero attached hydrogens (tertiary/aromatic N) is 3. The summed E-state index contributed by atoms with van der Waals surface area (Å²) in [6.07, 6.45) is 9.37. The molecule has 3 rings (SSSR count). The summed E-state index contributed by atoms with van der Waals surface area (Å²) in [5, 5.41) is 0. The van der Waals surface area contributed by atoms with Crippen LogP contribution in [0.5, 0.6) is 0 Å². The molecular weight excluding hydrogens is 322 g/mol. The van der Waals surface area contributed by atoms with Gasteiger partial charge in [-0.05, 0) is 76.5 Å². The molecular formula is C22H41N3O. The number of hydrogen-bond acceptors (Lipinski definition) is 3. The molecule has 0 saturated carbocycles. The Balaban J connectivity index is 1.39. The zero-order chi connectivity index (χ0) is 18.5. The number of rotatable bonds is 5. The fraction of sp³-hybridized carbons (Fsp3) is 0.955. The van der Waals surface area contributed by atoms with Gasteiger partial charge in [0.2, 0.25) is 5.91 Å². The van der Waals surface area contributed by atoms with Gasteiger partial charge < -0.3 is 14.7 Å². The molecule has 0 aromatic heterocycles. The van der Waals surface area contributed by atoms with Gasteiger partial charge in [0.05, 0.1) is 0 Å². The van der Waals surface area contributed by atoms with Crippen molar-refractivity contribution in [2.24, 2.45) is 17.8 Å². The minimum atomic E-state index is 0.140. The maximum absolute atomic E-state index is 12.3. The Morgan fingerprint density at radius 1 is 0.923 bits per heavy atom. The van der Waals surface area contributed by atoms with Crippen LogP contribution < -0.4 is 0 Å². The van der Waals surface area contributed by atoms with E-state index in [0.29, 0.717) is 11.8 Å². The predicted molar refractivity (Wildman–Crippen MR) is 108 cm³/mol. The number of amides is 1. The normalized spacial score (nSPS) is 28.0. The minimum Gasteiger partial charge on any atom is -0.342 e. The monoisotopic (exact) mass is 363 g/mol. The maximum atomic E-state index is 12.3. The first-order valence-electron chi connectivity index (χ1n) is 11.3. The highest BCUT2D eigenvalue weighted by molar-refractivity contribution is 5.78. The third-order valence-electron chi connectivity index (χ3n) is 7.14. The third-order valence-corrected chi connectivity index (χ3v) is 7.14. The van der Waals surface area contributed by atoms with Crippen LogP contribution in [0.1, 0.15) is 65.7 Å². The molecule has 3 heterocycles. The van der Waals surface area contributed by atoms with Gasteiger partial charge in [0.25, 0.3) is 0 Å². The topological polar surface area (TPSA) is 26.8 Å². The van der Waals surface area contributed by atoms with Crippen LogP contribution in [0.3, 0.4) is 0 Å². The number of likely N-dealkylation sites (tertiary alicyclic amines) is 3. The van der Waals surface area contributed by atoms with Crippen molar-refractivity contribution in [1.82, 2.24) is 14.7 Å². The minimum absolute atomic E-state index is 0.140. The number of hydrogen-bond donors (Lipinski definition) is 0. The molecule has 0 aromatic rings. The molecule has 0 spiro atoms. The van der Waals surface area contributed by atoms with E-state index < -0.39 is 0 Å². The lowest BCUT2D eigenvalue weighted by molar-refractivity contribution is -0.136. The quantitative estimate of drug-likeness (QED) is 0.748. The van der Waals surface area contributed by atoms with Gasteiger partial charge >= 0.3 is 0 Å². The largest absolute Gasteiger partial charge is 0.342 e. The lowest BCUT2D eigenvalue weighted by atomic mass is 9.91. The molecule has 3 fully saturated rings. The molecule has 3 saturated heterocycles. The van der Waals surface area contributed by atoms with Gasteiger partial charge in [0.1, 0.15) is 0 Å². The molecule has 0 bridgehead atoms. The van der Waals surface area contributed by atoms with E-state index in [1.165, 1.54) is 77.7 Å². The second-order valence-corrected chi connectivity index (χ2v) is 9.37. The molecule has 0 aliphatic carbocycles. The van der Waals surface area contributed by atoms with E-state index in [1.54, 1.807) is 0 Å². The van der Waals surface area contributed by atoms with Gasteiger partial charge in [-0.1, -0.05) is 27.2 Å². The van der Waals surface area contributed by atoms with Crippen molar-refractivity contribution in [2.75, 3.05) is 45.8 Å². The van der Waals surface area contributed by atoms with Gasteiger partial charge in [0.15, 0.2) is 0 Å². The summed E-state index contributed by atoms with van der Waals surface area (Å²) in [5.41, 5.74) is 0. The van der Waals surface area contributed by atoms with Crippen LogP contribution in [0.15, 0.2) is 0 Å².